The van der Waals surface area contributed by atoms with Gasteiger partial charge in [-0.15, -0.1) is 11.3 Å². The van der Waals surface area contributed by atoms with E-state index in [4.69, 9.17) is 22.1 Å². The van der Waals surface area contributed by atoms with Gasteiger partial charge in [-0.05, 0) is 32.0 Å². The molecule has 7 heteroatoms. The lowest BCUT2D eigenvalue weighted by Gasteiger charge is -2.29. The number of nitrogens with two attached hydrogens (primary N) is 1. The summed E-state index contributed by atoms with van der Waals surface area (Å²) in [5, 5.41) is 4.64. The third kappa shape index (κ3) is 3.94. The smallest absolute Gasteiger partial charge is 0.252 e. The molecule has 0 atom stereocenters. The molecule has 2 rings (SSSR count). The third-order valence-corrected chi connectivity index (χ3v) is 4.96. The van der Waals surface area contributed by atoms with E-state index < -0.39 is 0 Å². The second-order valence-electron chi connectivity index (χ2n) is 5.71. The zero-order valence-corrected chi connectivity index (χ0v) is 15.8. The second-order valence-corrected chi connectivity index (χ2v) is 7.25. The molecule has 3 N–H and O–H groups in total. The summed E-state index contributed by atoms with van der Waals surface area (Å²) < 4.78 is 6.05. The van der Waals surface area contributed by atoms with E-state index in [0.29, 0.717) is 27.9 Å². The summed E-state index contributed by atoms with van der Waals surface area (Å²) in [7, 11) is 3.58. The van der Waals surface area contributed by atoms with Crippen LogP contribution in [0.2, 0.25) is 4.34 Å². The van der Waals surface area contributed by atoms with E-state index >= 15 is 0 Å². The van der Waals surface area contributed by atoms with Crippen molar-refractivity contribution < 1.29 is 9.53 Å². The number of anilines is 2. The minimum Gasteiger partial charge on any atom is -0.496 e. The van der Waals surface area contributed by atoms with Crippen molar-refractivity contribution >= 4 is 40.2 Å². The standard InChI is InChI=1S/C17H22ClN3O2S/c1-10(2)21(3)16-12(14(23-4)6-5-13(16)19)8-20-17(22)11-7-15(18)24-9-11/h5-7,9-10H,8,19H2,1-4H3,(H,20,22). The van der Waals surface area contributed by atoms with Gasteiger partial charge in [0.05, 0.1) is 28.4 Å². The van der Waals surface area contributed by atoms with E-state index in [1.54, 1.807) is 18.6 Å². The Balaban J connectivity index is 2.30. The summed E-state index contributed by atoms with van der Waals surface area (Å²) in [5.41, 5.74) is 9.09. The van der Waals surface area contributed by atoms with Crippen LogP contribution in [-0.4, -0.2) is 26.1 Å². The highest BCUT2D eigenvalue weighted by molar-refractivity contribution is 7.14. The number of benzene rings is 1. The minimum atomic E-state index is -0.180. The molecule has 5 nitrogen and oxygen atoms in total. The molecule has 1 aromatic carbocycles. The number of thiophene rings is 1. The quantitative estimate of drug-likeness (QED) is 0.763. The molecule has 0 aliphatic rings. The number of carbonyl (C=O) groups excluding carboxylic acids is 1. The molecular weight excluding hydrogens is 346 g/mol. The van der Waals surface area contributed by atoms with Crippen molar-refractivity contribution in [1.82, 2.24) is 5.32 Å². The van der Waals surface area contributed by atoms with Crippen LogP contribution in [0.4, 0.5) is 11.4 Å². The Kier molecular flexibility index (Phi) is 5.96. The molecule has 1 aromatic heterocycles. The normalized spacial score (nSPS) is 10.8. The molecule has 0 saturated carbocycles. The summed E-state index contributed by atoms with van der Waals surface area (Å²) in [6.07, 6.45) is 0. The first kappa shape index (κ1) is 18.4. The molecule has 1 amide bonds. The van der Waals surface area contributed by atoms with Crippen molar-refractivity contribution in [2.75, 3.05) is 24.8 Å². The lowest BCUT2D eigenvalue weighted by molar-refractivity contribution is 0.0951. The van der Waals surface area contributed by atoms with Gasteiger partial charge in [0.15, 0.2) is 0 Å². The fraction of sp³-hybridized carbons (Fsp3) is 0.353. The molecule has 0 radical (unpaired) electrons. The van der Waals surface area contributed by atoms with Crippen LogP contribution >= 0.6 is 22.9 Å². The molecule has 0 spiro atoms. The Labute approximate surface area is 151 Å². The lowest BCUT2D eigenvalue weighted by atomic mass is 10.1. The van der Waals surface area contributed by atoms with E-state index in [1.807, 2.05) is 19.2 Å². The SMILES string of the molecule is COc1ccc(N)c(N(C)C(C)C)c1CNC(=O)c1csc(Cl)c1. The van der Waals surface area contributed by atoms with Gasteiger partial charge in [-0.3, -0.25) is 4.79 Å². The van der Waals surface area contributed by atoms with Gasteiger partial charge >= 0.3 is 0 Å². The highest BCUT2D eigenvalue weighted by atomic mass is 35.5. The molecule has 24 heavy (non-hydrogen) atoms. The number of carbonyl (C=O) groups is 1. The van der Waals surface area contributed by atoms with Gasteiger partial charge < -0.3 is 20.7 Å². The maximum Gasteiger partial charge on any atom is 0.252 e. The molecule has 130 valence electrons. The van der Waals surface area contributed by atoms with Gasteiger partial charge in [0.2, 0.25) is 0 Å². The number of hydrogen-bond donors (Lipinski definition) is 2. The monoisotopic (exact) mass is 367 g/mol. The van der Waals surface area contributed by atoms with Gasteiger partial charge in [-0.1, -0.05) is 11.6 Å². The van der Waals surface area contributed by atoms with Crippen LogP contribution in [0.5, 0.6) is 5.75 Å². The van der Waals surface area contributed by atoms with Crippen molar-refractivity contribution in [3.63, 3.8) is 0 Å². The Bertz CT molecular complexity index is 731. The number of halogens is 1. The molecule has 0 saturated heterocycles. The molecule has 0 aliphatic heterocycles. The van der Waals surface area contributed by atoms with E-state index in [9.17, 15) is 4.79 Å². The first-order chi connectivity index (χ1) is 11.3. The van der Waals surface area contributed by atoms with Crippen LogP contribution in [0, 0.1) is 0 Å². The number of hydrogen-bond acceptors (Lipinski definition) is 5. The summed E-state index contributed by atoms with van der Waals surface area (Å²) in [6.45, 7) is 4.47. The predicted octanol–water partition coefficient (Wildman–Crippen LogP) is 3.77. The number of amides is 1. The highest BCUT2D eigenvalue weighted by Gasteiger charge is 2.19. The van der Waals surface area contributed by atoms with Crippen LogP contribution in [0.1, 0.15) is 29.8 Å². The van der Waals surface area contributed by atoms with E-state index in [2.05, 4.69) is 24.1 Å². The minimum absolute atomic E-state index is 0.180. The Hall–Kier alpha value is -1.92. The lowest BCUT2D eigenvalue weighted by Crippen LogP contribution is -2.30. The van der Waals surface area contributed by atoms with Gasteiger partial charge in [-0.25, -0.2) is 0 Å². The van der Waals surface area contributed by atoms with Crippen LogP contribution in [0.25, 0.3) is 0 Å². The maximum atomic E-state index is 12.3. The fourth-order valence-corrected chi connectivity index (χ4v) is 3.23. The van der Waals surface area contributed by atoms with Crippen molar-refractivity contribution in [1.29, 1.82) is 0 Å². The number of nitrogens with one attached hydrogen (secondary N) is 1. The van der Waals surface area contributed by atoms with E-state index in [1.165, 1.54) is 11.3 Å². The number of ether oxygens (including phenoxy) is 1. The summed E-state index contributed by atoms with van der Waals surface area (Å²) in [4.78, 5) is 14.4. The topological polar surface area (TPSA) is 67.6 Å². The van der Waals surface area contributed by atoms with E-state index in [0.717, 1.165) is 11.3 Å². The number of rotatable bonds is 6. The Morgan fingerprint density at radius 2 is 2.17 bits per heavy atom. The molecule has 0 fully saturated rings. The van der Waals surface area contributed by atoms with Gasteiger partial charge in [0, 0.05) is 30.6 Å². The number of methoxy groups -OCH3 is 1. The average Bonchev–Trinajstić information content (AvgIpc) is 2.98. The zero-order valence-electron chi connectivity index (χ0n) is 14.2. The molecule has 0 aliphatic carbocycles. The van der Waals surface area contributed by atoms with Crippen molar-refractivity contribution in [2.24, 2.45) is 0 Å². The fourth-order valence-electron chi connectivity index (χ4n) is 2.37. The Morgan fingerprint density at radius 3 is 2.71 bits per heavy atom. The molecule has 2 aromatic rings. The van der Waals surface area contributed by atoms with Crippen molar-refractivity contribution in [3.05, 3.63) is 39.0 Å². The molecule has 1 heterocycles. The van der Waals surface area contributed by atoms with Crippen molar-refractivity contribution in [3.8, 4) is 5.75 Å². The molecular formula is C17H22ClN3O2S. The van der Waals surface area contributed by atoms with Gasteiger partial charge in [0.25, 0.3) is 5.91 Å². The summed E-state index contributed by atoms with van der Waals surface area (Å²) >= 11 is 7.22. The predicted molar refractivity (Wildman–Crippen MR) is 101 cm³/mol. The summed E-state index contributed by atoms with van der Waals surface area (Å²) in [6, 6.07) is 5.54. The zero-order chi connectivity index (χ0) is 17.9. The van der Waals surface area contributed by atoms with Crippen LogP contribution in [0.3, 0.4) is 0 Å². The van der Waals surface area contributed by atoms with Crippen LogP contribution in [-0.2, 0) is 6.54 Å². The number of nitrogens with zero attached hydrogens (tertiary/aromatic N) is 1. The van der Waals surface area contributed by atoms with Gasteiger partial charge in [0.1, 0.15) is 5.75 Å². The molecule has 0 bridgehead atoms. The first-order valence-electron chi connectivity index (χ1n) is 7.55. The van der Waals surface area contributed by atoms with E-state index in [-0.39, 0.29) is 11.9 Å². The highest BCUT2D eigenvalue weighted by Crippen LogP contribution is 2.35. The first-order valence-corrected chi connectivity index (χ1v) is 8.81. The number of nitrogen functional groups attached to an aromatic ring is 1. The average molecular weight is 368 g/mol. The third-order valence-electron chi connectivity index (χ3n) is 3.87. The van der Waals surface area contributed by atoms with Crippen molar-refractivity contribution in [2.45, 2.75) is 26.4 Å². The Morgan fingerprint density at radius 1 is 1.46 bits per heavy atom. The molecule has 0 unspecified atom stereocenters. The van der Waals surface area contributed by atoms with Gasteiger partial charge in [-0.2, -0.15) is 0 Å². The van der Waals surface area contributed by atoms with Crippen LogP contribution in [0.15, 0.2) is 23.6 Å². The maximum absolute atomic E-state index is 12.3. The van der Waals surface area contributed by atoms with Crippen LogP contribution < -0.4 is 20.7 Å². The summed E-state index contributed by atoms with van der Waals surface area (Å²) in [5.74, 6) is 0.510. The largest absolute Gasteiger partial charge is 0.496 e. The second kappa shape index (κ2) is 7.77.